The lowest BCUT2D eigenvalue weighted by molar-refractivity contribution is -0.127. The number of benzene rings is 1. The van der Waals surface area contributed by atoms with E-state index in [0.29, 0.717) is 31.0 Å². The Kier molecular flexibility index (Phi) is 6.98. The van der Waals surface area contributed by atoms with Crippen LogP contribution in [0.25, 0.3) is 6.08 Å². The Morgan fingerprint density at radius 1 is 1.16 bits per heavy atom. The van der Waals surface area contributed by atoms with Crippen molar-refractivity contribution < 1.29 is 23.5 Å². The maximum Gasteiger partial charge on any atom is 0.337 e. The van der Waals surface area contributed by atoms with Gasteiger partial charge in [-0.1, -0.05) is 12.1 Å². The van der Waals surface area contributed by atoms with E-state index < -0.39 is 5.97 Å². The number of methoxy groups -OCH3 is 2. The number of carbonyl (C=O) groups excluding carboxylic acids is 2. The average molecular weight is 343 g/mol. The van der Waals surface area contributed by atoms with E-state index in [1.807, 2.05) is 6.07 Å². The number of nitrogens with zero attached hydrogens (tertiary/aromatic N) is 1. The minimum Gasteiger partial charge on any atom is -0.467 e. The van der Waals surface area contributed by atoms with Gasteiger partial charge in [-0.25, -0.2) is 4.79 Å². The van der Waals surface area contributed by atoms with Crippen molar-refractivity contribution in [1.82, 2.24) is 4.90 Å². The van der Waals surface area contributed by atoms with Crippen LogP contribution < -0.4 is 0 Å². The largest absolute Gasteiger partial charge is 0.467 e. The molecule has 0 radical (unpaired) electrons. The van der Waals surface area contributed by atoms with Gasteiger partial charge in [0, 0.05) is 19.7 Å². The van der Waals surface area contributed by atoms with Gasteiger partial charge in [0.05, 0.1) is 32.1 Å². The van der Waals surface area contributed by atoms with Crippen LogP contribution in [0.2, 0.25) is 0 Å². The third kappa shape index (κ3) is 5.61. The fraction of sp³-hybridized carbons (Fsp3) is 0.263. The lowest BCUT2D eigenvalue weighted by atomic mass is 10.1. The monoisotopic (exact) mass is 343 g/mol. The number of carbonyl (C=O) groups is 2. The molecule has 0 aliphatic rings. The highest BCUT2D eigenvalue weighted by atomic mass is 16.5. The van der Waals surface area contributed by atoms with Crippen LogP contribution in [0.4, 0.5) is 0 Å². The predicted octanol–water partition coefficient (Wildman–Crippen LogP) is 2.75. The molecule has 0 N–H and O–H groups in total. The van der Waals surface area contributed by atoms with Crippen LogP contribution in [-0.4, -0.2) is 44.1 Å². The van der Waals surface area contributed by atoms with E-state index in [2.05, 4.69) is 4.74 Å². The highest BCUT2D eigenvalue weighted by Crippen LogP contribution is 2.10. The average Bonchev–Trinajstić information content (AvgIpc) is 3.16. The van der Waals surface area contributed by atoms with Gasteiger partial charge in [-0.3, -0.25) is 4.79 Å². The van der Waals surface area contributed by atoms with Crippen LogP contribution in [0.1, 0.15) is 21.7 Å². The first-order valence-electron chi connectivity index (χ1n) is 7.80. The molecule has 1 heterocycles. The number of amides is 1. The zero-order valence-corrected chi connectivity index (χ0v) is 14.3. The lowest BCUT2D eigenvalue weighted by Crippen LogP contribution is -2.31. The normalized spacial score (nSPS) is 10.8. The molecule has 0 aliphatic carbocycles. The van der Waals surface area contributed by atoms with Gasteiger partial charge in [-0.05, 0) is 35.9 Å². The van der Waals surface area contributed by atoms with Gasteiger partial charge < -0.3 is 18.8 Å². The predicted molar refractivity (Wildman–Crippen MR) is 92.8 cm³/mol. The van der Waals surface area contributed by atoms with Crippen LogP contribution in [0.15, 0.2) is 53.2 Å². The van der Waals surface area contributed by atoms with Gasteiger partial charge >= 0.3 is 5.97 Å². The zero-order valence-electron chi connectivity index (χ0n) is 14.3. The Labute approximate surface area is 146 Å². The topological polar surface area (TPSA) is 69.0 Å². The zero-order chi connectivity index (χ0) is 18.1. The quantitative estimate of drug-likeness (QED) is 0.544. The summed E-state index contributed by atoms with van der Waals surface area (Å²) in [6.07, 6.45) is 4.77. The SMILES string of the molecule is COCCN(Cc1ccco1)C(=O)/C=C/c1ccc(C(=O)OC)cc1. The van der Waals surface area contributed by atoms with Crippen molar-refractivity contribution in [3.63, 3.8) is 0 Å². The van der Waals surface area contributed by atoms with E-state index in [0.717, 1.165) is 5.56 Å². The van der Waals surface area contributed by atoms with Crippen molar-refractivity contribution in [1.29, 1.82) is 0 Å². The summed E-state index contributed by atoms with van der Waals surface area (Å²) in [6.45, 7) is 1.27. The van der Waals surface area contributed by atoms with Crippen LogP contribution in [0, 0.1) is 0 Å². The summed E-state index contributed by atoms with van der Waals surface area (Å²) < 4.78 is 15.0. The Hall–Kier alpha value is -2.86. The number of ether oxygens (including phenoxy) is 2. The van der Waals surface area contributed by atoms with Crippen molar-refractivity contribution in [3.05, 3.63) is 65.6 Å². The van der Waals surface area contributed by atoms with Crippen LogP contribution in [0.5, 0.6) is 0 Å². The molecule has 0 unspecified atom stereocenters. The summed E-state index contributed by atoms with van der Waals surface area (Å²) in [5.74, 6) is 0.168. The molecule has 1 aromatic carbocycles. The maximum absolute atomic E-state index is 12.4. The first-order chi connectivity index (χ1) is 12.1. The molecular formula is C19H21NO5. The first kappa shape index (κ1) is 18.5. The second-order valence-electron chi connectivity index (χ2n) is 5.28. The summed E-state index contributed by atoms with van der Waals surface area (Å²) >= 11 is 0. The minimum absolute atomic E-state index is 0.148. The first-order valence-corrected chi connectivity index (χ1v) is 7.80. The number of furan rings is 1. The molecule has 6 heteroatoms. The van der Waals surface area contributed by atoms with E-state index in [4.69, 9.17) is 9.15 Å². The second kappa shape index (κ2) is 9.44. The summed E-state index contributed by atoms with van der Waals surface area (Å²) in [7, 11) is 2.93. The smallest absolute Gasteiger partial charge is 0.337 e. The van der Waals surface area contributed by atoms with Crippen molar-refractivity contribution >= 4 is 18.0 Å². The summed E-state index contributed by atoms with van der Waals surface area (Å²) in [6, 6.07) is 10.4. The molecule has 25 heavy (non-hydrogen) atoms. The van der Waals surface area contributed by atoms with Crippen LogP contribution >= 0.6 is 0 Å². The molecule has 1 aromatic heterocycles. The van der Waals surface area contributed by atoms with Crippen LogP contribution in [0.3, 0.4) is 0 Å². The molecule has 0 saturated carbocycles. The second-order valence-corrected chi connectivity index (χ2v) is 5.28. The molecule has 2 aromatic rings. The summed E-state index contributed by atoms with van der Waals surface area (Å²) in [4.78, 5) is 25.5. The molecule has 0 saturated heterocycles. The molecule has 6 nitrogen and oxygen atoms in total. The third-order valence-electron chi connectivity index (χ3n) is 3.55. The fourth-order valence-electron chi connectivity index (χ4n) is 2.18. The van der Waals surface area contributed by atoms with Crippen molar-refractivity contribution in [3.8, 4) is 0 Å². The summed E-state index contributed by atoms with van der Waals surface area (Å²) in [5, 5.41) is 0. The molecule has 132 valence electrons. The highest BCUT2D eigenvalue weighted by molar-refractivity contribution is 5.92. The standard InChI is InChI=1S/C19H21NO5/c1-23-13-11-20(14-17-4-3-12-25-17)18(21)10-7-15-5-8-16(9-6-15)19(22)24-2/h3-10,12H,11,13-14H2,1-2H3/b10-7+. The third-order valence-corrected chi connectivity index (χ3v) is 3.55. The molecule has 0 bridgehead atoms. The Morgan fingerprint density at radius 3 is 2.52 bits per heavy atom. The van der Waals surface area contributed by atoms with Gasteiger partial charge in [-0.2, -0.15) is 0 Å². The van der Waals surface area contributed by atoms with Gasteiger partial charge in [0.2, 0.25) is 5.91 Å². The van der Waals surface area contributed by atoms with E-state index in [1.165, 1.54) is 13.2 Å². The maximum atomic E-state index is 12.4. The Balaban J connectivity index is 2.02. The molecule has 1 amide bonds. The number of hydrogen-bond acceptors (Lipinski definition) is 5. The van der Waals surface area contributed by atoms with E-state index in [-0.39, 0.29) is 5.91 Å². The summed E-state index contributed by atoms with van der Waals surface area (Å²) in [5.41, 5.74) is 1.27. The van der Waals surface area contributed by atoms with Gasteiger partial charge in [0.25, 0.3) is 0 Å². The molecule has 0 spiro atoms. The number of hydrogen-bond donors (Lipinski definition) is 0. The van der Waals surface area contributed by atoms with E-state index in [9.17, 15) is 9.59 Å². The minimum atomic E-state index is -0.393. The van der Waals surface area contributed by atoms with Crippen molar-refractivity contribution in [2.45, 2.75) is 6.54 Å². The Morgan fingerprint density at radius 2 is 1.92 bits per heavy atom. The van der Waals surface area contributed by atoms with E-state index in [1.54, 1.807) is 54.7 Å². The molecule has 0 aliphatic heterocycles. The van der Waals surface area contributed by atoms with Gasteiger partial charge in [0.1, 0.15) is 5.76 Å². The van der Waals surface area contributed by atoms with Crippen molar-refractivity contribution in [2.75, 3.05) is 27.4 Å². The Bertz CT molecular complexity index is 704. The van der Waals surface area contributed by atoms with Crippen molar-refractivity contribution in [2.24, 2.45) is 0 Å². The van der Waals surface area contributed by atoms with Gasteiger partial charge in [0.15, 0.2) is 0 Å². The molecule has 2 rings (SSSR count). The van der Waals surface area contributed by atoms with Gasteiger partial charge in [-0.15, -0.1) is 0 Å². The fourth-order valence-corrected chi connectivity index (χ4v) is 2.18. The highest BCUT2D eigenvalue weighted by Gasteiger charge is 2.12. The molecule has 0 fully saturated rings. The van der Waals surface area contributed by atoms with Crippen LogP contribution in [-0.2, 0) is 20.8 Å². The number of rotatable bonds is 8. The molecular weight excluding hydrogens is 322 g/mol. The lowest BCUT2D eigenvalue weighted by Gasteiger charge is -2.19. The molecule has 0 atom stereocenters. The van der Waals surface area contributed by atoms with E-state index >= 15 is 0 Å². The number of esters is 1.